The van der Waals surface area contributed by atoms with Crippen molar-refractivity contribution in [1.29, 1.82) is 0 Å². The van der Waals surface area contributed by atoms with Gasteiger partial charge in [-0.05, 0) is 61.6 Å². The van der Waals surface area contributed by atoms with Gasteiger partial charge in [-0.15, -0.1) is 0 Å². The first-order valence-corrected chi connectivity index (χ1v) is 12.2. The van der Waals surface area contributed by atoms with E-state index in [1.165, 1.54) is 0 Å². The van der Waals surface area contributed by atoms with Gasteiger partial charge in [-0.25, -0.2) is 0 Å². The number of halogens is 1. The van der Waals surface area contributed by atoms with Crippen LogP contribution in [0.2, 0.25) is 5.02 Å². The number of hydrogen-bond donors (Lipinski definition) is 1. The van der Waals surface area contributed by atoms with Crippen LogP contribution in [-0.4, -0.2) is 12.0 Å². The molecule has 1 amide bonds. The molecule has 0 saturated carbocycles. The molecule has 1 heterocycles. The van der Waals surface area contributed by atoms with Gasteiger partial charge in [-0.3, -0.25) is 9.59 Å². The first kappa shape index (κ1) is 25.5. The van der Waals surface area contributed by atoms with Gasteiger partial charge in [0, 0.05) is 16.3 Å². The Bertz CT molecular complexity index is 1500. The normalized spacial score (nSPS) is 12.4. The maximum absolute atomic E-state index is 13.5. The molecular formula is C30H30ClNO4. The second-order valence-corrected chi connectivity index (χ2v) is 10.6. The summed E-state index contributed by atoms with van der Waals surface area (Å²) >= 11 is 6.15. The monoisotopic (exact) mass is 503 g/mol. The van der Waals surface area contributed by atoms with Crippen LogP contribution >= 0.6 is 11.6 Å². The van der Waals surface area contributed by atoms with Crippen LogP contribution in [0.5, 0.6) is 5.75 Å². The Morgan fingerprint density at radius 3 is 2.33 bits per heavy atom. The first-order chi connectivity index (χ1) is 16.9. The number of ether oxygens (including phenoxy) is 1. The lowest BCUT2D eigenvalue weighted by Crippen LogP contribution is -2.32. The van der Waals surface area contributed by atoms with Crippen LogP contribution in [0.4, 0.5) is 5.69 Å². The van der Waals surface area contributed by atoms with E-state index in [4.69, 9.17) is 20.8 Å². The lowest BCUT2D eigenvalue weighted by atomic mass is 9.86. The molecule has 0 fully saturated rings. The van der Waals surface area contributed by atoms with Crippen LogP contribution in [0.25, 0.3) is 22.3 Å². The number of fused-ring (bicyclic) bond motifs is 1. The fraction of sp³-hybridized carbons (Fsp3) is 0.267. The largest absolute Gasteiger partial charge is 0.473 e. The van der Waals surface area contributed by atoms with Crippen molar-refractivity contribution in [3.05, 3.63) is 92.6 Å². The van der Waals surface area contributed by atoms with E-state index in [0.29, 0.717) is 21.9 Å². The summed E-state index contributed by atoms with van der Waals surface area (Å²) in [6, 6.07) is 18.4. The van der Waals surface area contributed by atoms with E-state index >= 15 is 0 Å². The number of aryl methyl sites for hydroxylation is 2. The minimum absolute atomic E-state index is 0.0282. The average molecular weight is 504 g/mol. The highest BCUT2D eigenvalue weighted by molar-refractivity contribution is 6.31. The number of anilines is 1. The molecule has 0 spiro atoms. The van der Waals surface area contributed by atoms with Crippen molar-refractivity contribution >= 4 is 34.2 Å². The Morgan fingerprint density at radius 2 is 1.69 bits per heavy atom. The molecule has 0 saturated heterocycles. The molecule has 0 aliphatic heterocycles. The third-order valence-corrected chi connectivity index (χ3v) is 6.36. The molecule has 6 heteroatoms. The van der Waals surface area contributed by atoms with Gasteiger partial charge >= 0.3 is 0 Å². The number of carbonyl (C=O) groups is 1. The van der Waals surface area contributed by atoms with E-state index in [1.807, 2.05) is 56.3 Å². The Balaban J connectivity index is 1.75. The van der Waals surface area contributed by atoms with E-state index in [2.05, 4.69) is 26.1 Å². The summed E-state index contributed by atoms with van der Waals surface area (Å²) < 4.78 is 12.2. The number of amides is 1. The fourth-order valence-electron chi connectivity index (χ4n) is 3.99. The van der Waals surface area contributed by atoms with Crippen LogP contribution in [0.3, 0.4) is 0 Å². The number of benzene rings is 3. The molecule has 0 aliphatic carbocycles. The van der Waals surface area contributed by atoms with Gasteiger partial charge in [0.2, 0.25) is 11.2 Å². The van der Waals surface area contributed by atoms with Crippen molar-refractivity contribution in [2.24, 2.45) is 0 Å². The molecule has 4 rings (SSSR count). The lowest BCUT2D eigenvalue weighted by molar-refractivity contribution is -0.122. The van der Waals surface area contributed by atoms with Crippen LogP contribution in [-0.2, 0) is 10.2 Å². The number of nitrogens with one attached hydrogen (secondary N) is 1. The summed E-state index contributed by atoms with van der Waals surface area (Å²) in [5.41, 5.74) is 4.52. The topological polar surface area (TPSA) is 68.5 Å². The second-order valence-electron chi connectivity index (χ2n) is 10.1. The van der Waals surface area contributed by atoms with Gasteiger partial charge in [0.1, 0.15) is 5.58 Å². The predicted octanol–water partition coefficient (Wildman–Crippen LogP) is 7.43. The predicted molar refractivity (Wildman–Crippen MR) is 146 cm³/mol. The molecule has 1 aromatic heterocycles. The van der Waals surface area contributed by atoms with E-state index < -0.39 is 6.10 Å². The van der Waals surface area contributed by atoms with Crippen LogP contribution in [0, 0.1) is 13.8 Å². The maximum Gasteiger partial charge on any atom is 0.265 e. The minimum atomic E-state index is -0.960. The molecule has 4 aromatic rings. The Kier molecular flexibility index (Phi) is 6.96. The van der Waals surface area contributed by atoms with Gasteiger partial charge in [0.25, 0.3) is 5.91 Å². The quantitative estimate of drug-likeness (QED) is 0.307. The zero-order chi connectivity index (χ0) is 26.2. The van der Waals surface area contributed by atoms with E-state index in [0.717, 1.165) is 16.7 Å². The Hall–Kier alpha value is -3.57. The minimum Gasteiger partial charge on any atom is -0.473 e. The highest BCUT2D eigenvalue weighted by Crippen LogP contribution is 2.34. The number of carbonyl (C=O) groups excluding carboxylic acids is 1. The number of hydrogen-bond acceptors (Lipinski definition) is 4. The average Bonchev–Trinajstić information content (AvgIpc) is 2.82. The second kappa shape index (κ2) is 9.82. The molecule has 1 atom stereocenters. The maximum atomic E-state index is 13.5. The first-order valence-electron chi connectivity index (χ1n) is 11.9. The molecule has 1 N–H and O–H groups in total. The molecule has 0 unspecified atom stereocenters. The fourth-order valence-corrected chi connectivity index (χ4v) is 4.16. The zero-order valence-electron chi connectivity index (χ0n) is 21.4. The molecule has 3 aromatic carbocycles. The van der Waals surface area contributed by atoms with Crippen molar-refractivity contribution in [2.75, 3.05) is 5.32 Å². The molecule has 186 valence electrons. The van der Waals surface area contributed by atoms with Crippen LogP contribution < -0.4 is 15.5 Å². The van der Waals surface area contributed by atoms with Gasteiger partial charge in [-0.1, -0.05) is 74.3 Å². The Labute approximate surface area is 216 Å². The lowest BCUT2D eigenvalue weighted by Gasteiger charge is -2.20. The summed E-state index contributed by atoms with van der Waals surface area (Å²) in [5, 5.41) is 3.58. The molecular weight excluding hydrogens is 474 g/mol. The van der Waals surface area contributed by atoms with Gasteiger partial charge < -0.3 is 14.5 Å². The summed E-state index contributed by atoms with van der Waals surface area (Å²) in [6.07, 6.45) is -0.960. The smallest absolute Gasteiger partial charge is 0.265 e. The van der Waals surface area contributed by atoms with E-state index in [9.17, 15) is 9.59 Å². The molecule has 0 radical (unpaired) electrons. The SMILES string of the molecule is Cc1ccc(NC(=O)[C@@H](C)Oc2c(-c3ccc(C(C)(C)C)cc3)oc3ccc(Cl)cc3c2=O)c(C)c1. The summed E-state index contributed by atoms with van der Waals surface area (Å²) in [5.74, 6) is -0.139. The molecule has 5 nitrogen and oxygen atoms in total. The van der Waals surface area contributed by atoms with Crippen LogP contribution in [0.1, 0.15) is 44.4 Å². The highest BCUT2D eigenvalue weighted by Gasteiger charge is 2.24. The molecule has 0 bridgehead atoms. The van der Waals surface area contributed by atoms with E-state index in [1.54, 1.807) is 25.1 Å². The summed E-state index contributed by atoms with van der Waals surface area (Å²) in [4.78, 5) is 26.5. The third-order valence-electron chi connectivity index (χ3n) is 6.13. The van der Waals surface area contributed by atoms with Crippen LogP contribution in [0.15, 0.2) is 69.9 Å². The molecule has 0 aliphatic rings. The zero-order valence-corrected chi connectivity index (χ0v) is 22.1. The van der Waals surface area contributed by atoms with Gasteiger partial charge in [0.05, 0.1) is 5.39 Å². The summed E-state index contributed by atoms with van der Waals surface area (Å²) in [7, 11) is 0. The van der Waals surface area contributed by atoms with E-state index in [-0.39, 0.29) is 33.6 Å². The molecule has 36 heavy (non-hydrogen) atoms. The van der Waals surface area contributed by atoms with Crippen molar-refractivity contribution in [1.82, 2.24) is 0 Å². The van der Waals surface area contributed by atoms with Gasteiger partial charge in [-0.2, -0.15) is 0 Å². The number of rotatable bonds is 5. The van der Waals surface area contributed by atoms with Crippen molar-refractivity contribution in [3.63, 3.8) is 0 Å². The highest BCUT2D eigenvalue weighted by atomic mass is 35.5. The third kappa shape index (κ3) is 5.31. The van der Waals surface area contributed by atoms with Crippen molar-refractivity contribution < 1.29 is 13.9 Å². The van der Waals surface area contributed by atoms with Gasteiger partial charge in [0.15, 0.2) is 11.9 Å². The van der Waals surface area contributed by atoms with Crippen molar-refractivity contribution in [3.8, 4) is 17.1 Å². The standard InChI is InChI=1S/C30H30ClNO4/c1-17-7-13-24(18(2)15-17)32-29(34)19(3)35-28-26(33)23-16-22(31)12-14-25(23)36-27(28)20-8-10-21(11-9-20)30(4,5)6/h7-16,19H,1-6H3,(H,32,34)/t19-/m1/s1. The summed E-state index contributed by atoms with van der Waals surface area (Å²) in [6.45, 7) is 11.9. The van der Waals surface area contributed by atoms with Crippen molar-refractivity contribution in [2.45, 2.75) is 53.1 Å². The Morgan fingerprint density at radius 1 is 1.00 bits per heavy atom.